The van der Waals surface area contributed by atoms with E-state index in [1.54, 1.807) is 0 Å². The smallest absolute Gasteiger partial charge is 0.247 e. The summed E-state index contributed by atoms with van der Waals surface area (Å²) in [6.45, 7) is 4.91. The molecule has 0 aliphatic carbocycles. The minimum absolute atomic E-state index is 0.130. The van der Waals surface area contributed by atoms with Crippen molar-refractivity contribution in [2.24, 2.45) is 5.73 Å². The van der Waals surface area contributed by atoms with Crippen LogP contribution in [0.3, 0.4) is 0 Å². The predicted molar refractivity (Wildman–Crippen MR) is 81.9 cm³/mol. The van der Waals surface area contributed by atoms with Crippen LogP contribution in [0.1, 0.15) is 19.6 Å². The predicted octanol–water partition coefficient (Wildman–Crippen LogP) is 1.46. The zero-order valence-electron chi connectivity index (χ0n) is 12.3. The Labute approximate surface area is 129 Å². The van der Waals surface area contributed by atoms with Crippen molar-refractivity contribution >= 4 is 26.0 Å². The molecule has 8 heteroatoms. The summed E-state index contributed by atoms with van der Waals surface area (Å²) in [6.07, 6.45) is 0. The molecular formula is C12H22BrN3O3S. The van der Waals surface area contributed by atoms with Crippen LogP contribution in [0.2, 0.25) is 0 Å². The summed E-state index contributed by atoms with van der Waals surface area (Å²) in [5.41, 5.74) is 5.48. The summed E-state index contributed by atoms with van der Waals surface area (Å²) in [5, 5.41) is 0. The normalized spacial score (nSPS) is 14.2. The number of nitrogens with zero attached hydrogens (tertiary/aromatic N) is 2. The van der Waals surface area contributed by atoms with Crippen LogP contribution in [-0.4, -0.2) is 50.8 Å². The van der Waals surface area contributed by atoms with Crippen LogP contribution in [0.25, 0.3) is 0 Å². The summed E-state index contributed by atoms with van der Waals surface area (Å²) in [4.78, 5) is 2.09. The van der Waals surface area contributed by atoms with Crippen LogP contribution in [0, 0.1) is 0 Å². The fraction of sp³-hybridized carbons (Fsp3) is 0.667. The molecule has 1 atom stereocenters. The lowest BCUT2D eigenvalue weighted by molar-refractivity contribution is 0.271. The minimum atomic E-state index is -3.61. The van der Waals surface area contributed by atoms with Gasteiger partial charge >= 0.3 is 0 Å². The second-order valence-electron chi connectivity index (χ2n) is 4.87. The largest absolute Gasteiger partial charge is 0.452 e. The molecule has 1 aromatic heterocycles. The average Bonchev–Trinajstić information content (AvgIpc) is 2.70. The van der Waals surface area contributed by atoms with E-state index >= 15 is 0 Å². The van der Waals surface area contributed by atoms with Gasteiger partial charge in [0, 0.05) is 25.2 Å². The summed E-state index contributed by atoms with van der Waals surface area (Å²) in [5.74, 6) is 0.437. The topological polar surface area (TPSA) is 79.8 Å². The standard InChI is InChI=1S/C12H22BrN3O3S/c1-5-16(9(2)8-15(3)4)20(17,18)11-6-10(7-14)19-12(11)13/h6,9H,5,7-8,14H2,1-4H3. The maximum Gasteiger partial charge on any atom is 0.247 e. The van der Waals surface area contributed by atoms with E-state index in [0.29, 0.717) is 18.8 Å². The number of rotatable bonds is 7. The molecule has 6 nitrogen and oxygen atoms in total. The third kappa shape index (κ3) is 3.82. The van der Waals surface area contributed by atoms with E-state index in [9.17, 15) is 8.42 Å². The molecule has 0 aromatic carbocycles. The van der Waals surface area contributed by atoms with Gasteiger partial charge in [-0.15, -0.1) is 0 Å². The average molecular weight is 368 g/mol. The van der Waals surface area contributed by atoms with E-state index in [4.69, 9.17) is 10.2 Å². The van der Waals surface area contributed by atoms with Crippen LogP contribution < -0.4 is 5.73 Å². The van der Waals surface area contributed by atoms with E-state index in [1.807, 2.05) is 32.8 Å². The lowest BCUT2D eigenvalue weighted by Gasteiger charge is -2.28. The molecular weight excluding hydrogens is 346 g/mol. The van der Waals surface area contributed by atoms with Gasteiger partial charge in [-0.2, -0.15) is 4.31 Å². The SMILES string of the molecule is CCN(C(C)CN(C)C)S(=O)(=O)c1cc(CN)oc1Br. The number of hydrogen-bond donors (Lipinski definition) is 1. The maximum absolute atomic E-state index is 12.7. The third-order valence-electron chi connectivity index (χ3n) is 2.93. The van der Waals surface area contributed by atoms with E-state index in [1.165, 1.54) is 10.4 Å². The second-order valence-corrected chi connectivity index (χ2v) is 7.45. The molecule has 0 bridgehead atoms. The van der Waals surface area contributed by atoms with Crippen LogP contribution in [0.15, 0.2) is 20.0 Å². The van der Waals surface area contributed by atoms with Gasteiger partial charge in [0.15, 0.2) is 4.67 Å². The van der Waals surface area contributed by atoms with Crippen molar-refractivity contribution in [2.45, 2.75) is 31.3 Å². The maximum atomic E-state index is 12.7. The second kappa shape index (κ2) is 7.04. The Hall–Kier alpha value is -0.410. The first-order valence-electron chi connectivity index (χ1n) is 6.38. The molecule has 0 aliphatic heterocycles. The van der Waals surface area contributed by atoms with Gasteiger partial charge in [0.05, 0.1) is 6.54 Å². The summed E-state index contributed by atoms with van der Waals surface area (Å²) in [7, 11) is 0.222. The van der Waals surface area contributed by atoms with Gasteiger partial charge in [0.1, 0.15) is 10.7 Å². The molecule has 0 radical (unpaired) electrons. The molecule has 0 spiro atoms. The highest BCUT2D eigenvalue weighted by atomic mass is 79.9. The molecule has 1 unspecified atom stereocenters. The number of furan rings is 1. The lowest BCUT2D eigenvalue weighted by atomic mass is 10.3. The molecule has 1 heterocycles. The van der Waals surface area contributed by atoms with Crippen LogP contribution in [-0.2, 0) is 16.6 Å². The minimum Gasteiger partial charge on any atom is -0.452 e. The molecule has 20 heavy (non-hydrogen) atoms. The Balaban J connectivity index is 3.14. The fourth-order valence-electron chi connectivity index (χ4n) is 2.14. The molecule has 2 N–H and O–H groups in total. The molecule has 0 aliphatic rings. The Morgan fingerprint density at radius 3 is 2.45 bits per heavy atom. The number of halogens is 1. The molecule has 0 amide bonds. The van der Waals surface area contributed by atoms with Gasteiger partial charge in [-0.05, 0) is 36.9 Å². The number of hydrogen-bond acceptors (Lipinski definition) is 5. The highest BCUT2D eigenvalue weighted by Gasteiger charge is 2.31. The van der Waals surface area contributed by atoms with Crippen molar-refractivity contribution in [3.05, 3.63) is 16.5 Å². The van der Waals surface area contributed by atoms with Crippen molar-refractivity contribution in [2.75, 3.05) is 27.2 Å². The molecule has 0 saturated heterocycles. The number of nitrogens with two attached hydrogens (primary N) is 1. The van der Waals surface area contributed by atoms with E-state index < -0.39 is 10.0 Å². The van der Waals surface area contributed by atoms with Crippen molar-refractivity contribution in [1.82, 2.24) is 9.21 Å². The van der Waals surface area contributed by atoms with Gasteiger partial charge in [-0.1, -0.05) is 6.92 Å². The Kier molecular flexibility index (Phi) is 6.21. The van der Waals surface area contributed by atoms with Crippen LogP contribution in [0.4, 0.5) is 0 Å². The van der Waals surface area contributed by atoms with Crippen molar-refractivity contribution in [1.29, 1.82) is 0 Å². The summed E-state index contributed by atoms with van der Waals surface area (Å²) < 4.78 is 32.4. The lowest BCUT2D eigenvalue weighted by Crippen LogP contribution is -2.43. The van der Waals surface area contributed by atoms with Crippen molar-refractivity contribution in [3.8, 4) is 0 Å². The summed E-state index contributed by atoms with van der Waals surface area (Å²) in [6, 6.07) is 1.34. The molecule has 1 rings (SSSR count). The summed E-state index contributed by atoms with van der Waals surface area (Å²) >= 11 is 3.15. The first-order chi connectivity index (χ1) is 9.23. The van der Waals surface area contributed by atoms with Crippen LogP contribution >= 0.6 is 15.9 Å². The number of likely N-dealkylation sites (N-methyl/N-ethyl adjacent to an activating group) is 2. The van der Waals surface area contributed by atoms with Gasteiger partial charge in [0.2, 0.25) is 10.0 Å². The number of sulfonamides is 1. The van der Waals surface area contributed by atoms with E-state index in [2.05, 4.69) is 15.9 Å². The highest BCUT2D eigenvalue weighted by Crippen LogP contribution is 2.29. The monoisotopic (exact) mass is 367 g/mol. The third-order valence-corrected chi connectivity index (χ3v) is 5.87. The zero-order chi connectivity index (χ0) is 15.5. The molecule has 116 valence electrons. The van der Waals surface area contributed by atoms with Gasteiger partial charge < -0.3 is 15.1 Å². The van der Waals surface area contributed by atoms with Gasteiger partial charge in [-0.3, -0.25) is 0 Å². The van der Waals surface area contributed by atoms with Gasteiger partial charge in [0.25, 0.3) is 0 Å². The Bertz CT molecular complexity index is 542. The highest BCUT2D eigenvalue weighted by molar-refractivity contribution is 9.10. The quantitative estimate of drug-likeness (QED) is 0.788. The van der Waals surface area contributed by atoms with Crippen molar-refractivity contribution in [3.63, 3.8) is 0 Å². The van der Waals surface area contributed by atoms with E-state index in [0.717, 1.165) is 0 Å². The zero-order valence-corrected chi connectivity index (χ0v) is 14.7. The molecule has 0 saturated carbocycles. The van der Waals surface area contributed by atoms with Gasteiger partial charge in [-0.25, -0.2) is 8.42 Å². The molecule has 0 fully saturated rings. The Morgan fingerprint density at radius 1 is 1.45 bits per heavy atom. The van der Waals surface area contributed by atoms with E-state index in [-0.39, 0.29) is 22.2 Å². The van der Waals surface area contributed by atoms with Crippen LogP contribution in [0.5, 0.6) is 0 Å². The fourth-order valence-corrected chi connectivity index (χ4v) is 4.73. The Morgan fingerprint density at radius 2 is 2.05 bits per heavy atom. The first kappa shape index (κ1) is 17.6. The van der Waals surface area contributed by atoms with Crippen molar-refractivity contribution < 1.29 is 12.8 Å². The molecule has 1 aromatic rings. The first-order valence-corrected chi connectivity index (χ1v) is 8.62.